The first kappa shape index (κ1) is 11.4. The highest BCUT2D eigenvalue weighted by Gasteiger charge is 2.35. The van der Waals surface area contributed by atoms with E-state index in [0.29, 0.717) is 6.04 Å². The lowest BCUT2D eigenvalue weighted by molar-refractivity contribution is -0.0355. The first-order chi connectivity index (χ1) is 7.23. The molecule has 2 saturated carbocycles. The molecular formula is C13H25NO. The molecule has 2 nitrogen and oxygen atoms in total. The molecule has 0 spiro atoms. The highest BCUT2D eigenvalue weighted by Crippen LogP contribution is 2.32. The predicted molar refractivity (Wildman–Crippen MR) is 62.8 cm³/mol. The summed E-state index contributed by atoms with van der Waals surface area (Å²) in [5, 5.41) is 13.7. The highest BCUT2D eigenvalue weighted by molar-refractivity contribution is 4.91. The molecule has 0 aromatic carbocycles. The molecule has 2 atom stereocenters. The van der Waals surface area contributed by atoms with Crippen molar-refractivity contribution in [2.24, 2.45) is 5.92 Å². The highest BCUT2D eigenvalue weighted by atomic mass is 16.3. The van der Waals surface area contributed by atoms with E-state index in [0.717, 1.165) is 25.3 Å². The van der Waals surface area contributed by atoms with Crippen molar-refractivity contribution in [1.29, 1.82) is 0 Å². The van der Waals surface area contributed by atoms with E-state index in [-0.39, 0.29) is 5.60 Å². The summed E-state index contributed by atoms with van der Waals surface area (Å²) in [4.78, 5) is 0. The molecule has 0 saturated heterocycles. The second-order valence-corrected chi connectivity index (χ2v) is 5.52. The number of hydrogen-bond acceptors (Lipinski definition) is 2. The van der Waals surface area contributed by atoms with Gasteiger partial charge >= 0.3 is 0 Å². The molecule has 0 radical (unpaired) electrons. The van der Waals surface area contributed by atoms with Crippen LogP contribution in [0, 0.1) is 5.92 Å². The molecule has 2 fully saturated rings. The molecule has 0 bridgehead atoms. The fraction of sp³-hybridized carbons (Fsp3) is 1.00. The van der Waals surface area contributed by atoms with Crippen molar-refractivity contribution in [3.63, 3.8) is 0 Å². The summed E-state index contributed by atoms with van der Waals surface area (Å²) in [6.45, 7) is 3.12. The normalized spacial score (nSPS) is 34.8. The summed E-state index contributed by atoms with van der Waals surface area (Å²) in [5.41, 5.74) is -0.351. The minimum atomic E-state index is -0.351. The van der Waals surface area contributed by atoms with Crippen LogP contribution in [0.5, 0.6) is 0 Å². The molecule has 0 aliphatic heterocycles. The van der Waals surface area contributed by atoms with Crippen LogP contribution in [-0.4, -0.2) is 23.3 Å². The summed E-state index contributed by atoms with van der Waals surface area (Å²) in [5.74, 6) is 0.849. The van der Waals surface area contributed by atoms with E-state index in [1.54, 1.807) is 0 Å². The number of aliphatic hydroxyl groups is 1. The quantitative estimate of drug-likeness (QED) is 0.748. The van der Waals surface area contributed by atoms with Gasteiger partial charge in [-0.25, -0.2) is 0 Å². The summed E-state index contributed by atoms with van der Waals surface area (Å²) < 4.78 is 0. The fourth-order valence-corrected chi connectivity index (χ4v) is 3.05. The van der Waals surface area contributed by atoms with E-state index in [2.05, 4.69) is 12.2 Å². The SMILES string of the molecule is CCC1CCCCC1NCC1(O)CCC1. The third-order valence-corrected chi connectivity index (χ3v) is 4.41. The molecule has 0 aromatic heterocycles. The van der Waals surface area contributed by atoms with Crippen molar-refractivity contribution in [3.8, 4) is 0 Å². The number of rotatable bonds is 4. The Morgan fingerprint density at radius 3 is 2.53 bits per heavy atom. The van der Waals surface area contributed by atoms with Crippen LogP contribution in [0.15, 0.2) is 0 Å². The van der Waals surface area contributed by atoms with Crippen molar-refractivity contribution in [1.82, 2.24) is 5.32 Å². The molecule has 2 rings (SSSR count). The topological polar surface area (TPSA) is 32.3 Å². The third-order valence-electron chi connectivity index (χ3n) is 4.41. The maximum atomic E-state index is 10.0. The van der Waals surface area contributed by atoms with Crippen LogP contribution >= 0.6 is 0 Å². The molecule has 2 aliphatic rings. The Kier molecular flexibility index (Phi) is 3.68. The Morgan fingerprint density at radius 1 is 1.20 bits per heavy atom. The van der Waals surface area contributed by atoms with Gasteiger partial charge in [-0.2, -0.15) is 0 Å². The van der Waals surface area contributed by atoms with Gasteiger partial charge in [0.1, 0.15) is 0 Å². The molecule has 0 heterocycles. The maximum absolute atomic E-state index is 10.0. The zero-order chi connectivity index (χ0) is 10.7. The van der Waals surface area contributed by atoms with E-state index in [1.165, 1.54) is 38.5 Å². The van der Waals surface area contributed by atoms with Crippen LogP contribution in [0.2, 0.25) is 0 Å². The second kappa shape index (κ2) is 4.84. The monoisotopic (exact) mass is 211 g/mol. The van der Waals surface area contributed by atoms with E-state index < -0.39 is 0 Å². The van der Waals surface area contributed by atoms with Gasteiger partial charge in [-0.3, -0.25) is 0 Å². The molecule has 2 aliphatic carbocycles. The van der Waals surface area contributed by atoms with E-state index in [4.69, 9.17) is 0 Å². The van der Waals surface area contributed by atoms with Gasteiger partial charge in [-0.05, 0) is 38.0 Å². The second-order valence-electron chi connectivity index (χ2n) is 5.52. The molecule has 0 aromatic rings. The average molecular weight is 211 g/mol. The smallest absolute Gasteiger partial charge is 0.0771 e. The largest absolute Gasteiger partial charge is 0.389 e. The minimum Gasteiger partial charge on any atom is -0.389 e. The van der Waals surface area contributed by atoms with Crippen molar-refractivity contribution < 1.29 is 5.11 Å². The van der Waals surface area contributed by atoms with Gasteiger partial charge in [-0.15, -0.1) is 0 Å². The molecule has 88 valence electrons. The lowest BCUT2D eigenvalue weighted by Gasteiger charge is -2.40. The van der Waals surface area contributed by atoms with Gasteiger partial charge in [0.25, 0.3) is 0 Å². The van der Waals surface area contributed by atoms with Crippen molar-refractivity contribution >= 4 is 0 Å². The summed E-state index contributed by atoms with van der Waals surface area (Å²) >= 11 is 0. The fourth-order valence-electron chi connectivity index (χ4n) is 3.05. The van der Waals surface area contributed by atoms with E-state index in [9.17, 15) is 5.11 Å². The molecule has 2 N–H and O–H groups in total. The first-order valence-electron chi connectivity index (χ1n) is 6.69. The van der Waals surface area contributed by atoms with Gasteiger partial charge in [0.2, 0.25) is 0 Å². The molecule has 2 heteroatoms. The lowest BCUT2D eigenvalue weighted by atomic mass is 9.78. The molecular weight excluding hydrogens is 186 g/mol. The van der Waals surface area contributed by atoms with Crippen molar-refractivity contribution in [2.75, 3.05) is 6.54 Å². The first-order valence-corrected chi connectivity index (χ1v) is 6.69. The third kappa shape index (κ3) is 2.73. The summed E-state index contributed by atoms with van der Waals surface area (Å²) in [6.07, 6.45) is 9.97. The Morgan fingerprint density at radius 2 is 1.93 bits per heavy atom. The predicted octanol–water partition coefficient (Wildman–Crippen LogP) is 2.46. The zero-order valence-electron chi connectivity index (χ0n) is 9.97. The van der Waals surface area contributed by atoms with Crippen LogP contribution in [0.1, 0.15) is 58.3 Å². The van der Waals surface area contributed by atoms with Crippen LogP contribution in [-0.2, 0) is 0 Å². The van der Waals surface area contributed by atoms with E-state index >= 15 is 0 Å². The minimum absolute atomic E-state index is 0.351. The van der Waals surface area contributed by atoms with E-state index in [1.807, 2.05) is 0 Å². The molecule has 15 heavy (non-hydrogen) atoms. The molecule has 2 unspecified atom stereocenters. The van der Waals surface area contributed by atoms with Gasteiger partial charge in [0, 0.05) is 12.6 Å². The van der Waals surface area contributed by atoms with Crippen LogP contribution in [0.3, 0.4) is 0 Å². The molecule has 0 amide bonds. The van der Waals surface area contributed by atoms with Gasteiger partial charge in [-0.1, -0.05) is 26.2 Å². The maximum Gasteiger partial charge on any atom is 0.0771 e. The lowest BCUT2D eigenvalue weighted by Crippen LogP contribution is -2.51. The number of hydrogen-bond donors (Lipinski definition) is 2. The number of nitrogens with one attached hydrogen (secondary N) is 1. The van der Waals surface area contributed by atoms with Crippen molar-refractivity contribution in [2.45, 2.75) is 69.9 Å². The average Bonchev–Trinajstić information content (AvgIpc) is 2.24. The Balaban J connectivity index is 1.76. The van der Waals surface area contributed by atoms with Gasteiger partial charge < -0.3 is 10.4 Å². The zero-order valence-corrected chi connectivity index (χ0v) is 9.97. The Bertz CT molecular complexity index is 201. The van der Waals surface area contributed by atoms with Crippen LogP contribution in [0.4, 0.5) is 0 Å². The summed E-state index contributed by atoms with van der Waals surface area (Å²) in [6, 6.07) is 0.674. The van der Waals surface area contributed by atoms with Crippen molar-refractivity contribution in [3.05, 3.63) is 0 Å². The summed E-state index contributed by atoms with van der Waals surface area (Å²) in [7, 11) is 0. The Hall–Kier alpha value is -0.0800. The standard InChI is InChI=1S/C13H25NO/c1-2-11-6-3-4-7-12(11)14-10-13(15)8-5-9-13/h11-12,14-15H,2-10H2,1H3. The Labute approximate surface area is 93.5 Å². The van der Waals surface area contributed by atoms with Crippen LogP contribution in [0.25, 0.3) is 0 Å². The van der Waals surface area contributed by atoms with Gasteiger partial charge in [0.05, 0.1) is 5.60 Å². The van der Waals surface area contributed by atoms with Gasteiger partial charge in [0.15, 0.2) is 0 Å². The van der Waals surface area contributed by atoms with Crippen LogP contribution < -0.4 is 5.32 Å².